The van der Waals surface area contributed by atoms with Crippen LogP contribution in [0.15, 0.2) is 30.3 Å². The summed E-state index contributed by atoms with van der Waals surface area (Å²) < 4.78 is 5.65. The Labute approximate surface area is 132 Å². The molecule has 114 valence electrons. The number of benzene rings is 2. The summed E-state index contributed by atoms with van der Waals surface area (Å²) in [6.07, 6.45) is 0. The molecule has 1 aliphatic heterocycles. The Bertz CT molecular complexity index is 757. The van der Waals surface area contributed by atoms with Gasteiger partial charge in [0.25, 0.3) is 0 Å². The fourth-order valence-corrected chi connectivity index (χ4v) is 3.14. The molecule has 1 heterocycles. The van der Waals surface area contributed by atoms with Gasteiger partial charge < -0.3 is 4.74 Å². The fraction of sp³-hybridized carbons (Fsp3) is 0.350. The molecule has 0 aromatic heterocycles. The third-order valence-corrected chi connectivity index (χ3v) is 4.53. The van der Waals surface area contributed by atoms with Crippen LogP contribution >= 0.6 is 0 Å². The summed E-state index contributed by atoms with van der Waals surface area (Å²) in [6.45, 7) is 10.5. The maximum atomic E-state index is 12.5. The van der Waals surface area contributed by atoms with E-state index >= 15 is 0 Å². The van der Waals surface area contributed by atoms with E-state index in [4.69, 9.17) is 4.74 Å². The summed E-state index contributed by atoms with van der Waals surface area (Å²) in [5.74, 6) is 0.645. The molecular weight excluding hydrogens is 272 g/mol. The maximum absolute atomic E-state index is 12.5. The second-order valence-electron chi connectivity index (χ2n) is 6.63. The van der Waals surface area contributed by atoms with Crippen molar-refractivity contribution >= 4 is 5.97 Å². The molecule has 0 bridgehead atoms. The van der Waals surface area contributed by atoms with E-state index in [1.54, 1.807) is 0 Å². The van der Waals surface area contributed by atoms with Crippen LogP contribution in [-0.4, -0.2) is 5.97 Å². The van der Waals surface area contributed by atoms with Crippen molar-refractivity contribution in [3.63, 3.8) is 0 Å². The van der Waals surface area contributed by atoms with Gasteiger partial charge in [-0.25, -0.2) is 0 Å². The second-order valence-corrected chi connectivity index (χ2v) is 6.63. The highest BCUT2D eigenvalue weighted by molar-refractivity contribution is 5.90. The molecule has 2 heteroatoms. The zero-order chi connectivity index (χ0) is 16.0. The number of rotatable bonds is 2. The lowest BCUT2D eigenvalue weighted by Crippen LogP contribution is -2.11. The quantitative estimate of drug-likeness (QED) is 0.588. The molecule has 0 N–H and O–H groups in total. The molecule has 22 heavy (non-hydrogen) atoms. The predicted molar refractivity (Wildman–Crippen MR) is 88.7 cm³/mol. The Morgan fingerprint density at radius 2 is 1.73 bits per heavy atom. The van der Waals surface area contributed by atoms with Gasteiger partial charge in [0.1, 0.15) is 11.7 Å². The number of carbonyl (C=O) groups excluding carboxylic acids is 1. The van der Waals surface area contributed by atoms with Crippen molar-refractivity contribution in [2.45, 2.75) is 46.5 Å². The first-order valence-corrected chi connectivity index (χ1v) is 7.81. The summed E-state index contributed by atoms with van der Waals surface area (Å²) in [7, 11) is 0. The highest BCUT2D eigenvalue weighted by Crippen LogP contribution is 2.44. The minimum absolute atomic E-state index is 0.161. The minimum atomic E-state index is -0.299. The standard InChI is InChI=1S/C20H22O2/c1-11(2)16-8-12(3)9-17-18(20(21)22-19(16)17)15-7-6-13(4)14(5)10-15/h6-11,18H,1-5H3. The summed E-state index contributed by atoms with van der Waals surface area (Å²) in [5.41, 5.74) is 6.77. The van der Waals surface area contributed by atoms with Crippen molar-refractivity contribution in [3.05, 3.63) is 63.7 Å². The summed E-state index contributed by atoms with van der Waals surface area (Å²) >= 11 is 0. The van der Waals surface area contributed by atoms with E-state index in [0.29, 0.717) is 5.92 Å². The molecule has 0 aliphatic carbocycles. The van der Waals surface area contributed by atoms with Gasteiger partial charge in [-0.2, -0.15) is 0 Å². The fourth-order valence-electron chi connectivity index (χ4n) is 3.14. The summed E-state index contributed by atoms with van der Waals surface area (Å²) in [6, 6.07) is 10.4. The van der Waals surface area contributed by atoms with Gasteiger partial charge in [0.2, 0.25) is 0 Å². The first-order valence-electron chi connectivity index (χ1n) is 7.81. The molecule has 3 rings (SSSR count). The van der Waals surface area contributed by atoms with Crippen molar-refractivity contribution in [1.82, 2.24) is 0 Å². The average molecular weight is 294 g/mol. The normalized spacial score (nSPS) is 16.8. The van der Waals surface area contributed by atoms with E-state index in [-0.39, 0.29) is 11.9 Å². The lowest BCUT2D eigenvalue weighted by Gasteiger charge is -2.13. The molecule has 0 amide bonds. The van der Waals surface area contributed by atoms with Crippen molar-refractivity contribution in [2.75, 3.05) is 0 Å². The molecule has 0 fully saturated rings. The number of ether oxygens (including phenoxy) is 1. The van der Waals surface area contributed by atoms with Crippen LogP contribution in [0, 0.1) is 20.8 Å². The lowest BCUT2D eigenvalue weighted by atomic mass is 9.87. The van der Waals surface area contributed by atoms with E-state index in [2.05, 4.69) is 58.9 Å². The van der Waals surface area contributed by atoms with Crippen LogP contribution in [0.4, 0.5) is 0 Å². The molecule has 0 radical (unpaired) electrons. The Morgan fingerprint density at radius 3 is 2.36 bits per heavy atom. The Morgan fingerprint density at radius 1 is 1.00 bits per heavy atom. The minimum Gasteiger partial charge on any atom is -0.425 e. The first-order chi connectivity index (χ1) is 10.4. The molecule has 2 nitrogen and oxygen atoms in total. The Kier molecular flexibility index (Phi) is 3.56. The molecule has 1 aliphatic rings. The van der Waals surface area contributed by atoms with Crippen LogP contribution in [0.2, 0.25) is 0 Å². The van der Waals surface area contributed by atoms with Crippen LogP contribution < -0.4 is 4.74 Å². The van der Waals surface area contributed by atoms with E-state index in [9.17, 15) is 4.79 Å². The molecule has 0 spiro atoms. The topological polar surface area (TPSA) is 26.3 Å². The van der Waals surface area contributed by atoms with Crippen molar-refractivity contribution in [3.8, 4) is 5.75 Å². The van der Waals surface area contributed by atoms with Crippen LogP contribution in [-0.2, 0) is 4.79 Å². The largest absolute Gasteiger partial charge is 0.425 e. The van der Waals surface area contributed by atoms with Gasteiger partial charge in [-0.3, -0.25) is 4.79 Å². The zero-order valence-electron chi connectivity index (χ0n) is 13.9. The summed E-state index contributed by atoms with van der Waals surface area (Å²) in [4.78, 5) is 12.5. The van der Waals surface area contributed by atoms with E-state index < -0.39 is 0 Å². The number of carbonyl (C=O) groups is 1. The van der Waals surface area contributed by atoms with Crippen LogP contribution in [0.3, 0.4) is 0 Å². The van der Waals surface area contributed by atoms with Crippen molar-refractivity contribution in [1.29, 1.82) is 0 Å². The SMILES string of the molecule is Cc1cc(C(C)C)c2c(c1)C(c1ccc(C)c(C)c1)C(=O)O2. The molecular formula is C20H22O2. The smallest absolute Gasteiger partial charge is 0.323 e. The van der Waals surface area contributed by atoms with Gasteiger partial charge in [0, 0.05) is 5.56 Å². The number of aryl methyl sites for hydroxylation is 3. The summed E-state index contributed by atoms with van der Waals surface area (Å²) in [5, 5.41) is 0. The molecule has 0 saturated heterocycles. The third kappa shape index (κ3) is 2.33. The second kappa shape index (κ2) is 5.28. The van der Waals surface area contributed by atoms with Crippen molar-refractivity contribution in [2.24, 2.45) is 0 Å². The Hall–Kier alpha value is -2.09. The molecule has 2 aromatic rings. The molecule has 1 unspecified atom stereocenters. The highest BCUT2D eigenvalue weighted by atomic mass is 16.5. The van der Waals surface area contributed by atoms with Crippen LogP contribution in [0.25, 0.3) is 0 Å². The monoisotopic (exact) mass is 294 g/mol. The van der Waals surface area contributed by atoms with Gasteiger partial charge in [0.15, 0.2) is 0 Å². The van der Waals surface area contributed by atoms with E-state index in [0.717, 1.165) is 22.4 Å². The Balaban J connectivity index is 2.17. The average Bonchev–Trinajstić information content (AvgIpc) is 2.77. The number of fused-ring (bicyclic) bond motifs is 1. The van der Waals surface area contributed by atoms with Crippen molar-refractivity contribution < 1.29 is 9.53 Å². The van der Waals surface area contributed by atoms with Gasteiger partial charge in [0.05, 0.1) is 0 Å². The molecule has 2 aromatic carbocycles. The van der Waals surface area contributed by atoms with Gasteiger partial charge in [-0.15, -0.1) is 0 Å². The number of hydrogen-bond donors (Lipinski definition) is 0. The van der Waals surface area contributed by atoms with E-state index in [1.807, 2.05) is 6.07 Å². The number of esters is 1. The first kappa shape index (κ1) is 14.8. The van der Waals surface area contributed by atoms with Crippen LogP contribution in [0.5, 0.6) is 5.75 Å². The zero-order valence-corrected chi connectivity index (χ0v) is 13.9. The van der Waals surface area contributed by atoms with E-state index in [1.165, 1.54) is 16.7 Å². The molecule has 1 atom stereocenters. The third-order valence-electron chi connectivity index (χ3n) is 4.53. The lowest BCUT2D eigenvalue weighted by molar-refractivity contribution is -0.133. The molecule has 0 saturated carbocycles. The highest BCUT2D eigenvalue weighted by Gasteiger charge is 2.36. The maximum Gasteiger partial charge on any atom is 0.323 e. The van der Waals surface area contributed by atoms with Crippen LogP contribution in [0.1, 0.15) is 59.1 Å². The number of hydrogen-bond acceptors (Lipinski definition) is 2. The van der Waals surface area contributed by atoms with Gasteiger partial charge in [-0.1, -0.05) is 49.7 Å². The predicted octanol–water partition coefficient (Wildman–Crippen LogP) is 4.79. The van der Waals surface area contributed by atoms with Gasteiger partial charge >= 0.3 is 5.97 Å². The van der Waals surface area contributed by atoms with Gasteiger partial charge in [-0.05, 0) is 48.9 Å².